The predicted octanol–water partition coefficient (Wildman–Crippen LogP) is 5.43. The Hall–Kier alpha value is -1.10. The van der Waals surface area contributed by atoms with E-state index in [1.165, 1.54) is 77.0 Å². The molecule has 0 radical (unpaired) electrons. The molecule has 2 rings (SSSR count). The molecule has 5 N–H and O–H groups in total. The Labute approximate surface area is 243 Å². The minimum atomic E-state index is -0.978. The van der Waals surface area contributed by atoms with Crippen LogP contribution in [0.15, 0.2) is 30.3 Å². The molecule has 0 aromatic heterocycles. The molecule has 0 aliphatic carbocycles. The van der Waals surface area contributed by atoms with Crippen molar-refractivity contribution >= 4 is 0 Å². The molecule has 1 aliphatic rings. The van der Waals surface area contributed by atoms with Gasteiger partial charge in [0.15, 0.2) is 12.6 Å². The quantitative estimate of drug-likeness (QED) is 0.112. The molecule has 8 nitrogen and oxygen atoms in total. The second kappa shape index (κ2) is 22.5. The highest BCUT2D eigenvalue weighted by molar-refractivity contribution is 5.13. The second-order valence-electron chi connectivity index (χ2n) is 11.1. The second-order valence-corrected chi connectivity index (χ2v) is 11.1. The van der Waals surface area contributed by atoms with Gasteiger partial charge in [0, 0.05) is 20.3 Å². The van der Waals surface area contributed by atoms with E-state index in [0.717, 1.165) is 18.4 Å². The summed E-state index contributed by atoms with van der Waals surface area (Å²) in [7, 11) is 1.59. The van der Waals surface area contributed by atoms with Gasteiger partial charge in [-0.25, -0.2) is 0 Å². The van der Waals surface area contributed by atoms with Crippen molar-refractivity contribution in [2.45, 2.75) is 140 Å². The average molecular weight is 567 g/mol. The number of hydrogen-bond acceptors (Lipinski definition) is 8. The summed E-state index contributed by atoms with van der Waals surface area (Å²) in [5.74, 6) is 0. The first-order valence-electron chi connectivity index (χ1n) is 15.8. The highest BCUT2D eigenvalue weighted by Gasteiger charge is 2.44. The standard InChI is InChI=1S/C32H58N2O6/c1-3-4-5-6-7-8-9-10-11-12-13-14-15-19-22-37-28(36-2)25-39-32-29(34)30(35)31(27(23-33)40-32)38-24-26-20-17-16-18-21-26/h16-18,20-21,27-32,35H,3-15,19,22-25,33-34H2,1-2H3/t27?,28?,29?,30-,31+,32+/m1/s1. The molecule has 6 atom stereocenters. The Balaban J connectivity index is 1.53. The summed E-state index contributed by atoms with van der Waals surface area (Å²) in [5.41, 5.74) is 13.2. The van der Waals surface area contributed by atoms with Crippen LogP contribution in [-0.4, -0.2) is 68.9 Å². The molecule has 0 spiro atoms. The molecule has 0 bridgehead atoms. The van der Waals surface area contributed by atoms with Crippen molar-refractivity contribution < 1.29 is 28.8 Å². The zero-order valence-corrected chi connectivity index (χ0v) is 25.2. The number of ether oxygens (including phenoxy) is 5. The van der Waals surface area contributed by atoms with E-state index < -0.39 is 36.9 Å². The highest BCUT2D eigenvalue weighted by Crippen LogP contribution is 2.24. The van der Waals surface area contributed by atoms with Gasteiger partial charge in [-0.3, -0.25) is 0 Å². The third-order valence-electron chi connectivity index (χ3n) is 7.70. The van der Waals surface area contributed by atoms with Crippen LogP contribution in [0.25, 0.3) is 0 Å². The molecule has 1 aromatic carbocycles. The van der Waals surface area contributed by atoms with Gasteiger partial charge >= 0.3 is 0 Å². The van der Waals surface area contributed by atoms with Crippen molar-refractivity contribution in [3.05, 3.63) is 35.9 Å². The summed E-state index contributed by atoms with van der Waals surface area (Å²) in [6.45, 7) is 3.54. The van der Waals surface area contributed by atoms with Crippen molar-refractivity contribution in [2.24, 2.45) is 11.5 Å². The average Bonchev–Trinajstić information content (AvgIpc) is 2.98. The van der Waals surface area contributed by atoms with E-state index in [2.05, 4.69) is 6.92 Å². The lowest BCUT2D eigenvalue weighted by Gasteiger charge is -2.42. The van der Waals surface area contributed by atoms with Gasteiger partial charge in [0.05, 0.1) is 12.6 Å². The zero-order chi connectivity index (χ0) is 28.8. The Morgan fingerprint density at radius 2 is 1.43 bits per heavy atom. The van der Waals surface area contributed by atoms with Gasteiger partial charge in [0.1, 0.15) is 24.9 Å². The number of methoxy groups -OCH3 is 1. The van der Waals surface area contributed by atoms with Crippen LogP contribution < -0.4 is 11.5 Å². The fourth-order valence-corrected chi connectivity index (χ4v) is 5.12. The molecule has 40 heavy (non-hydrogen) atoms. The Morgan fingerprint density at radius 3 is 1.98 bits per heavy atom. The number of aliphatic hydroxyl groups is 1. The van der Waals surface area contributed by atoms with Crippen molar-refractivity contribution in [1.29, 1.82) is 0 Å². The lowest BCUT2D eigenvalue weighted by molar-refractivity contribution is -0.283. The number of nitrogens with two attached hydrogens (primary N) is 2. The van der Waals surface area contributed by atoms with E-state index in [1.54, 1.807) is 7.11 Å². The molecular formula is C32H58N2O6. The number of benzene rings is 1. The van der Waals surface area contributed by atoms with Crippen molar-refractivity contribution in [3.8, 4) is 0 Å². The van der Waals surface area contributed by atoms with Crippen LogP contribution in [0.3, 0.4) is 0 Å². The monoisotopic (exact) mass is 566 g/mol. The van der Waals surface area contributed by atoms with Crippen LogP contribution in [0.5, 0.6) is 0 Å². The third-order valence-corrected chi connectivity index (χ3v) is 7.70. The van der Waals surface area contributed by atoms with Crippen LogP contribution in [0.4, 0.5) is 0 Å². The molecule has 0 saturated carbocycles. The molecule has 232 valence electrons. The SMILES string of the molecule is CCCCCCCCCCCCCCCCOC(CO[C@H]1OC(CN)[C@H](OCc2ccccc2)[C@H](O)C1N)OC. The largest absolute Gasteiger partial charge is 0.388 e. The third kappa shape index (κ3) is 14.2. The molecular weight excluding hydrogens is 508 g/mol. The summed E-state index contributed by atoms with van der Waals surface area (Å²) in [4.78, 5) is 0. The zero-order valence-electron chi connectivity index (χ0n) is 25.2. The van der Waals surface area contributed by atoms with Crippen molar-refractivity contribution in [2.75, 3.05) is 26.9 Å². The highest BCUT2D eigenvalue weighted by atomic mass is 16.7. The molecule has 1 aliphatic heterocycles. The molecule has 0 amide bonds. The van der Waals surface area contributed by atoms with Gasteiger partial charge in [-0.1, -0.05) is 121 Å². The van der Waals surface area contributed by atoms with Crippen LogP contribution in [0.1, 0.15) is 102 Å². The van der Waals surface area contributed by atoms with Crippen molar-refractivity contribution in [1.82, 2.24) is 0 Å². The van der Waals surface area contributed by atoms with Gasteiger partial charge in [0.2, 0.25) is 0 Å². The minimum absolute atomic E-state index is 0.146. The molecule has 8 heteroatoms. The van der Waals surface area contributed by atoms with Crippen LogP contribution in [-0.2, 0) is 30.3 Å². The summed E-state index contributed by atoms with van der Waals surface area (Å²) in [6.07, 6.45) is 15.0. The summed E-state index contributed by atoms with van der Waals surface area (Å²) >= 11 is 0. The molecule has 1 heterocycles. The molecule has 1 aromatic rings. The Kier molecular flexibility index (Phi) is 19.7. The Morgan fingerprint density at radius 1 is 0.850 bits per heavy atom. The van der Waals surface area contributed by atoms with Gasteiger partial charge in [-0.15, -0.1) is 0 Å². The Bertz CT molecular complexity index is 710. The van der Waals surface area contributed by atoms with Crippen LogP contribution in [0, 0.1) is 0 Å². The van der Waals surface area contributed by atoms with E-state index >= 15 is 0 Å². The smallest absolute Gasteiger partial charge is 0.180 e. The topological polar surface area (TPSA) is 118 Å². The lowest BCUT2D eigenvalue weighted by Crippen LogP contribution is -2.64. The van der Waals surface area contributed by atoms with E-state index in [-0.39, 0.29) is 13.2 Å². The van der Waals surface area contributed by atoms with E-state index in [4.69, 9.17) is 35.2 Å². The van der Waals surface area contributed by atoms with Crippen LogP contribution >= 0.6 is 0 Å². The summed E-state index contributed by atoms with van der Waals surface area (Å²) in [6, 6.07) is 8.96. The maximum absolute atomic E-state index is 10.8. The molecule has 1 fully saturated rings. The number of hydrogen-bond donors (Lipinski definition) is 3. The maximum Gasteiger partial charge on any atom is 0.180 e. The van der Waals surface area contributed by atoms with E-state index in [0.29, 0.717) is 13.2 Å². The summed E-state index contributed by atoms with van der Waals surface area (Å²) < 4.78 is 29.1. The number of unbranched alkanes of at least 4 members (excludes halogenated alkanes) is 13. The molecule has 3 unspecified atom stereocenters. The molecule has 1 saturated heterocycles. The van der Waals surface area contributed by atoms with E-state index in [9.17, 15) is 5.11 Å². The first-order valence-corrected chi connectivity index (χ1v) is 15.8. The first kappa shape index (κ1) is 35.1. The lowest BCUT2D eigenvalue weighted by atomic mass is 9.97. The number of aliphatic hydroxyl groups excluding tert-OH is 1. The minimum Gasteiger partial charge on any atom is -0.388 e. The first-order chi connectivity index (χ1) is 19.6. The van der Waals surface area contributed by atoms with Gasteiger partial charge in [-0.05, 0) is 12.0 Å². The van der Waals surface area contributed by atoms with Crippen molar-refractivity contribution in [3.63, 3.8) is 0 Å². The normalized spacial score (nSPS) is 23.9. The fourth-order valence-electron chi connectivity index (χ4n) is 5.12. The van der Waals surface area contributed by atoms with Crippen LogP contribution in [0.2, 0.25) is 0 Å². The van der Waals surface area contributed by atoms with Gasteiger partial charge < -0.3 is 40.3 Å². The maximum atomic E-state index is 10.8. The number of rotatable bonds is 24. The fraction of sp³-hybridized carbons (Fsp3) is 0.812. The van der Waals surface area contributed by atoms with E-state index in [1.807, 2.05) is 30.3 Å². The predicted molar refractivity (Wildman–Crippen MR) is 160 cm³/mol. The summed E-state index contributed by atoms with van der Waals surface area (Å²) in [5, 5.41) is 10.8. The van der Waals surface area contributed by atoms with Gasteiger partial charge in [0.25, 0.3) is 0 Å². The van der Waals surface area contributed by atoms with Gasteiger partial charge in [-0.2, -0.15) is 0 Å².